The summed E-state index contributed by atoms with van der Waals surface area (Å²) in [6.45, 7) is 0. The number of para-hydroxylation sites is 2. The second-order valence-electron chi connectivity index (χ2n) is 12.2. The second kappa shape index (κ2) is 12.0. The molecule has 0 spiro atoms. The van der Waals surface area contributed by atoms with E-state index in [1.165, 1.54) is 22.1 Å². The number of aromatic nitrogens is 6. The van der Waals surface area contributed by atoms with Gasteiger partial charge in [-0.05, 0) is 37.8 Å². The molecule has 2 aliphatic carbocycles. The predicted molar refractivity (Wildman–Crippen MR) is 173 cm³/mol. The van der Waals surface area contributed by atoms with Gasteiger partial charge in [0, 0.05) is 82.2 Å². The van der Waals surface area contributed by atoms with Gasteiger partial charge in [0.1, 0.15) is 12.7 Å². The van der Waals surface area contributed by atoms with Crippen LogP contribution >= 0.6 is 0 Å². The number of imidazole rings is 2. The summed E-state index contributed by atoms with van der Waals surface area (Å²) in [6.07, 6.45) is 11.4. The summed E-state index contributed by atoms with van der Waals surface area (Å²) in [4.78, 5) is 77.8. The van der Waals surface area contributed by atoms with E-state index >= 15 is 0 Å². The average molecular weight is 643 g/mol. The number of ketones is 2. The molecule has 0 amide bonds. The fourth-order valence-electron chi connectivity index (χ4n) is 6.92. The van der Waals surface area contributed by atoms with Crippen molar-refractivity contribution in [1.29, 1.82) is 0 Å². The first-order valence-electron chi connectivity index (χ1n) is 15.9. The molecule has 0 saturated heterocycles. The summed E-state index contributed by atoms with van der Waals surface area (Å²) in [7, 11) is 0. The number of H-pyrrole nitrogens is 2. The standard InChI is InChI=1S/C36H30N6O6/c43-33(47-41-19-39-29-15-21(9-11-31(29)41)35(45)25-17-37-27-7-3-1-5-23(25)27)13-14-34(44)48-42-20-40-30-16-22(10-12-32(30)42)36(46)26-18-38-28-8-4-2-6-24(26)28/h1-8,13-14,17-22,37-38H,9-12,15-16H2/b14-13+. The lowest BCUT2D eigenvalue weighted by molar-refractivity contribution is -0.141. The second-order valence-corrected chi connectivity index (χ2v) is 12.2. The van der Waals surface area contributed by atoms with Crippen molar-refractivity contribution in [1.82, 2.24) is 29.4 Å². The van der Waals surface area contributed by atoms with Crippen molar-refractivity contribution in [2.75, 3.05) is 0 Å². The first kappa shape index (κ1) is 29.4. The molecule has 48 heavy (non-hydrogen) atoms. The molecule has 12 heteroatoms. The lowest BCUT2D eigenvalue weighted by Crippen LogP contribution is -2.27. The molecule has 2 N–H and O–H groups in total. The molecule has 2 atom stereocenters. The Kier molecular flexibility index (Phi) is 7.32. The lowest BCUT2D eigenvalue weighted by Gasteiger charge is -2.21. The minimum Gasteiger partial charge on any atom is -0.360 e. The van der Waals surface area contributed by atoms with Crippen molar-refractivity contribution < 1.29 is 28.9 Å². The van der Waals surface area contributed by atoms with Crippen LogP contribution in [0.2, 0.25) is 0 Å². The van der Waals surface area contributed by atoms with Gasteiger partial charge in [0.25, 0.3) is 0 Å². The highest BCUT2D eigenvalue weighted by Crippen LogP contribution is 2.31. The summed E-state index contributed by atoms with van der Waals surface area (Å²) >= 11 is 0. The van der Waals surface area contributed by atoms with Gasteiger partial charge >= 0.3 is 11.9 Å². The SMILES string of the molecule is O=C(/C=C/C(=O)On1cnc2c1CCC(C(=O)c1c[nH]c3ccccc13)C2)On1cnc2c1CCC(C(=O)c1c[nH]c3ccccc13)C2. The first-order chi connectivity index (χ1) is 23.4. The molecule has 2 unspecified atom stereocenters. The number of nitrogens with zero attached hydrogens (tertiary/aromatic N) is 4. The van der Waals surface area contributed by atoms with Gasteiger partial charge in [-0.1, -0.05) is 36.4 Å². The number of benzene rings is 2. The Bertz CT molecular complexity index is 2110. The zero-order valence-corrected chi connectivity index (χ0v) is 25.7. The number of hydrogen-bond acceptors (Lipinski definition) is 8. The smallest absolute Gasteiger partial charge is 0.356 e. The van der Waals surface area contributed by atoms with Crippen LogP contribution in [0.4, 0.5) is 0 Å². The molecule has 6 aromatic rings. The number of hydrogen-bond donors (Lipinski definition) is 2. The van der Waals surface area contributed by atoms with Crippen molar-refractivity contribution in [3.8, 4) is 0 Å². The number of fused-ring (bicyclic) bond motifs is 4. The number of aromatic amines is 2. The minimum absolute atomic E-state index is 0.0593. The third-order valence-electron chi connectivity index (χ3n) is 9.36. The molecule has 8 rings (SSSR count). The first-order valence-corrected chi connectivity index (χ1v) is 15.9. The summed E-state index contributed by atoms with van der Waals surface area (Å²) in [5.74, 6) is -1.91. The Morgan fingerprint density at radius 1 is 0.667 bits per heavy atom. The van der Waals surface area contributed by atoms with Crippen molar-refractivity contribution in [3.05, 3.63) is 120 Å². The largest absolute Gasteiger partial charge is 0.360 e. The third-order valence-corrected chi connectivity index (χ3v) is 9.36. The van der Waals surface area contributed by atoms with Gasteiger partial charge in [-0.3, -0.25) is 9.59 Å². The highest BCUT2D eigenvalue weighted by Gasteiger charge is 2.32. The number of rotatable bonds is 8. The van der Waals surface area contributed by atoms with Crippen molar-refractivity contribution in [2.24, 2.45) is 11.8 Å². The van der Waals surface area contributed by atoms with E-state index in [0.29, 0.717) is 72.4 Å². The van der Waals surface area contributed by atoms with Gasteiger partial charge < -0.3 is 19.6 Å². The molecule has 0 fully saturated rings. The highest BCUT2D eigenvalue weighted by atomic mass is 16.7. The van der Waals surface area contributed by atoms with Gasteiger partial charge in [-0.15, -0.1) is 0 Å². The summed E-state index contributed by atoms with van der Waals surface area (Å²) in [6, 6.07) is 15.4. The topological polar surface area (TPSA) is 154 Å². The molecule has 2 aromatic carbocycles. The molecule has 12 nitrogen and oxygen atoms in total. The van der Waals surface area contributed by atoms with Gasteiger partial charge in [0.05, 0.1) is 22.8 Å². The molecule has 0 bridgehead atoms. The Morgan fingerprint density at radius 3 is 1.56 bits per heavy atom. The molecule has 0 saturated carbocycles. The van der Waals surface area contributed by atoms with Crippen LogP contribution in [0.15, 0.2) is 85.7 Å². The summed E-state index contributed by atoms with van der Waals surface area (Å²) < 4.78 is 2.58. The minimum atomic E-state index is -0.782. The maximum Gasteiger partial charge on any atom is 0.356 e. The molecule has 0 radical (unpaired) electrons. The average Bonchev–Trinajstić information content (AvgIpc) is 3.92. The fourth-order valence-corrected chi connectivity index (χ4v) is 6.92. The molecule has 4 heterocycles. The monoisotopic (exact) mass is 642 g/mol. The zero-order chi connectivity index (χ0) is 32.8. The number of carbonyl (C=O) groups is 4. The van der Waals surface area contributed by atoms with Crippen molar-refractivity contribution in [3.63, 3.8) is 0 Å². The van der Waals surface area contributed by atoms with Crippen LogP contribution in [-0.2, 0) is 35.3 Å². The van der Waals surface area contributed by atoms with Crippen molar-refractivity contribution >= 4 is 45.3 Å². The van der Waals surface area contributed by atoms with E-state index < -0.39 is 11.9 Å². The summed E-state index contributed by atoms with van der Waals surface area (Å²) in [5, 5.41) is 1.79. The van der Waals surface area contributed by atoms with Crippen LogP contribution in [0, 0.1) is 11.8 Å². The molecule has 240 valence electrons. The fraction of sp³-hybridized carbons (Fsp3) is 0.222. The maximum absolute atomic E-state index is 13.3. The van der Waals surface area contributed by atoms with Gasteiger partial charge in [-0.25, -0.2) is 19.6 Å². The van der Waals surface area contributed by atoms with Gasteiger partial charge in [-0.2, -0.15) is 9.46 Å². The number of nitrogens with one attached hydrogen (secondary N) is 2. The van der Waals surface area contributed by atoms with Crippen LogP contribution in [0.3, 0.4) is 0 Å². The van der Waals surface area contributed by atoms with Crippen LogP contribution in [0.5, 0.6) is 0 Å². The normalized spacial score (nSPS) is 17.3. The Morgan fingerprint density at radius 2 is 1.10 bits per heavy atom. The predicted octanol–water partition coefficient (Wildman–Crippen LogP) is 4.18. The zero-order valence-electron chi connectivity index (χ0n) is 25.7. The maximum atomic E-state index is 13.3. The van der Waals surface area contributed by atoms with Gasteiger partial charge in [0.2, 0.25) is 0 Å². The van der Waals surface area contributed by atoms with Crippen LogP contribution < -0.4 is 9.68 Å². The molecule has 2 aliphatic rings. The Balaban J connectivity index is 0.863. The molecule has 0 aliphatic heterocycles. The van der Waals surface area contributed by atoms with E-state index in [-0.39, 0.29) is 23.4 Å². The molecular formula is C36H30N6O6. The van der Waals surface area contributed by atoms with E-state index in [1.807, 2.05) is 48.5 Å². The van der Waals surface area contributed by atoms with E-state index in [9.17, 15) is 19.2 Å². The highest BCUT2D eigenvalue weighted by molar-refractivity contribution is 6.09. The van der Waals surface area contributed by atoms with Crippen LogP contribution in [-0.4, -0.2) is 52.9 Å². The van der Waals surface area contributed by atoms with E-state index in [4.69, 9.17) is 9.68 Å². The lowest BCUT2D eigenvalue weighted by atomic mass is 9.84. The number of Topliss-reactive ketones (excluding diaryl/α,β-unsaturated/α-hetero) is 2. The Labute approximate surface area is 273 Å². The van der Waals surface area contributed by atoms with Crippen LogP contribution in [0.25, 0.3) is 21.8 Å². The Hall–Kier alpha value is -6.04. The quantitative estimate of drug-likeness (QED) is 0.185. The summed E-state index contributed by atoms with van der Waals surface area (Å²) in [5.41, 5.74) is 6.00. The van der Waals surface area contributed by atoms with E-state index in [2.05, 4.69) is 19.9 Å². The molecular weight excluding hydrogens is 612 g/mol. The third kappa shape index (κ3) is 5.30. The van der Waals surface area contributed by atoms with Crippen LogP contribution in [0.1, 0.15) is 56.3 Å². The van der Waals surface area contributed by atoms with Crippen molar-refractivity contribution in [2.45, 2.75) is 38.5 Å². The van der Waals surface area contributed by atoms with E-state index in [1.54, 1.807) is 12.4 Å². The van der Waals surface area contributed by atoms with Gasteiger partial charge in [0.15, 0.2) is 11.6 Å². The van der Waals surface area contributed by atoms with E-state index in [0.717, 1.165) is 34.0 Å². The molecule has 4 aromatic heterocycles. The number of carbonyl (C=O) groups excluding carboxylic acids is 4.